The molecular formula is C17H13F3N6O2. The number of H-pyrrole nitrogens is 2. The van der Waals surface area contributed by atoms with Crippen molar-refractivity contribution in [3.63, 3.8) is 0 Å². The first-order valence-electron chi connectivity index (χ1n) is 8.10. The summed E-state index contributed by atoms with van der Waals surface area (Å²) in [6, 6.07) is 4.99. The van der Waals surface area contributed by atoms with Crippen LogP contribution in [-0.2, 0) is 19.8 Å². The van der Waals surface area contributed by atoms with Crippen molar-refractivity contribution in [1.82, 2.24) is 29.3 Å². The van der Waals surface area contributed by atoms with Crippen LogP contribution in [0, 0.1) is 0 Å². The van der Waals surface area contributed by atoms with Gasteiger partial charge in [-0.2, -0.15) is 18.3 Å². The van der Waals surface area contributed by atoms with Crippen LogP contribution in [0.1, 0.15) is 11.1 Å². The van der Waals surface area contributed by atoms with Gasteiger partial charge in [-0.05, 0) is 17.7 Å². The maximum absolute atomic E-state index is 12.8. The molecule has 0 bridgehead atoms. The lowest BCUT2D eigenvalue weighted by Crippen LogP contribution is -2.32. The molecule has 3 heterocycles. The molecule has 0 aliphatic rings. The number of hydrogen-bond acceptors (Lipinski definition) is 4. The van der Waals surface area contributed by atoms with Crippen LogP contribution in [0.3, 0.4) is 0 Å². The fourth-order valence-electron chi connectivity index (χ4n) is 2.81. The van der Waals surface area contributed by atoms with Crippen LogP contribution in [-0.4, -0.2) is 29.3 Å². The van der Waals surface area contributed by atoms with Crippen LogP contribution in [0.5, 0.6) is 0 Å². The molecule has 0 aliphatic heterocycles. The molecule has 3 aromatic heterocycles. The third-order valence-corrected chi connectivity index (χ3v) is 4.26. The van der Waals surface area contributed by atoms with Gasteiger partial charge in [0.25, 0.3) is 5.56 Å². The molecule has 0 saturated heterocycles. The Hall–Kier alpha value is -3.63. The Bertz CT molecular complexity index is 1290. The third kappa shape index (κ3) is 3.10. The fourth-order valence-corrected chi connectivity index (χ4v) is 2.81. The van der Waals surface area contributed by atoms with Gasteiger partial charge >= 0.3 is 11.9 Å². The Morgan fingerprint density at radius 1 is 1.18 bits per heavy atom. The van der Waals surface area contributed by atoms with Crippen molar-refractivity contribution in [3.05, 3.63) is 68.6 Å². The number of nitrogens with one attached hydrogen (secondary N) is 2. The van der Waals surface area contributed by atoms with Gasteiger partial charge in [-0.15, -0.1) is 0 Å². The summed E-state index contributed by atoms with van der Waals surface area (Å²) in [5.74, 6) is 0.309. The van der Waals surface area contributed by atoms with Gasteiger partial charge in [-0.3, -0.25) is 19.0 Å². The summed E-state index contributed by atoms with van der Waals surface area (Å²) in [6.45, 7) is 0.128. The summed E-state index contributed by atoms with van der Waals surface area (Å²) in [5, 5.41) is 4.13. The van der Waals surface area contributed by atoms with E-state index in [4.69, 9.17) is 0 Å². The minimum absolute atomic E-state index is 0.119. The van der Waals surface area contributed by atoms with E-state index in [0.717, 1.165) is 16.7 Å². The number of nitrogens with zero attached hydrogens (tertiary/aromatic N) is 4. The topological polar surface area (TPSA) is 101 Å². The van der Waals surface area contributed by atoms with Gasteiger partial charge in [0.05, 0.1) is 23.9 Å². The number of imidazole rings is 1. The second kappa shape index (κ2) is 6.22. The predicted octanol–water partition coefficient (Wildman–Crippen LogP) is 1.88. The maximum Gasteiger partial charge on any atom is 0.416 e. The first-order valence-corrected chi connectivity index (χ1v) is 8.10. The Balaban J connectivity index is 1.65. The highest BCUT2D eigenvalue weighted by molar-refractivity contribution is 5.74. The number of halogens is 3. The molecule has 11 heteroatoms. The predicted molar refractivity (Wildman–Crippen MR) is 93.7 cm³/mol. The molecule has 0 radical (unpaired) electrons. The number of aromatic amines is 2. The van der Waals surface area contributed by atoms with Gasteiger partial charge in [0, 0.05) is 13.2 Å². The number of rotatable bonds is 3. The number of alkyl halides is 3. The van der Waals surface area contributed by atoms with Gasteiger partial charge in [-0.1, -0.05) is 12.1 Å². The van der Waals surface area contributed by atoms with Gasteiger partial charge in [0.15, 0.2) is 5.65 Å². The zero-order valence-corrected chi connectivity index (χ0v) is 14.4. The smallest absolute Gasteiger partial charge is 0.332 e. The van der Waals surface area contributed by atoms with Gasteiger partial charge in [0.1, 0.15) is 11.3 Å². The summed E-state index contributed by atoms with van der Waals surface area (Å²) in [5.41, 5.74) is -0.617. The number of benzene rings is 1. The second-order valence-electron chi connectivity index (χ2n) is 6.23. The van der Waals surface area contributed by atoms with Gasteiger partial charge in [0.2, 0.25) is 0 Å². The minimum atomic E-state index is -4.41. The second-order valence-corrected chi connectivity index (χ2v) is 6.23. The highest BCUT2D eigenvalue weighted by Gasteiger charge is 2.30. The van der Waals surface area contributed by atoms with E-state index in [9.17, 15) is 22.8 Å². The molecule has 0 fully saturated rings. The largest absolute Gasteiger partial charge is 0.416 e. The van der Waals surface area contributed by atoms with Crippen molar-refractivity contribution in [2.45, 2.75) is 12.7 Å². The van der Waals surface area contributed by atoms with E-state index >= 15 is 0 Å². The molecule has 2 N–H and O–H groups in total. The standard InChI is InChI=1S/C17H13F3N6O2/c1-25-15(27)12-14(24-16(25)28)23-13(22-12)10-6-21-26(8-10)7-9-3-2-4-11(5-9)17(18,19)20/h2-6,8H,7H2,1H3,(H,22,23)(H,24,28). The molecule has 1 aromatic carbocycles. The van der Waals surface area contributed by atoms with E-state index in [0.29, 0.717) is 17.0 Å². The molecule has 0 atom stereocenters. The molecule has 0 amide bonds. The molecule has 4 rings (SSSR count). The SMILES string of the molecule is Cn1c(=O)[nH]c2nc(-c3cnn(Cc4cccc(C(F)(F)F)c4)c3)[nH]c2c1=O. The lowest BCUT2D eigenvalue weighted by atomic mass is 10.1. The fraction of sp³-hybridized carbons (Fsp3) is 0.176. The summed E-state index contributed by atoms with van der Waals surface area (Å²) in [7, 11) is 1.34. The monoisotopic (exact) mass is 390 g/mol. The molecule has 0 spiro atoms. The normalized spacial score (nSPS) is 12.0. The molecular weight excluding hydrogens is 377 g/mol. The van der Waals surface area contributed by atoms with E-state index in [1.54, 1.807) is 12.3 Å². The van der Waals surface area contributed by atoms with E-state index < -0.39 is 23.0 Å². The molecule has 0 saturated carbocycles. The molecule has 8 nitrogen and oxygen atoms in total. The molecule has 28 heavy (non-hydrogen) atoms. The van der Waals surface area contributed by atoms with Gasteiger partial charge in [-0.25, -0.2) is 9.78 Å². The van der Waals surface area contributed by atoms with Crippen LogP contribution in [0.4, 0.5) is 13.2 Å². The van der Waals surface area contributed by atoms with Crippen LogP contribution in [0.25, 0.3) is 22.6 Å². The summed E-state index contributed by atoms with van der Waals surface area (Å²) in [4.78, 5) is 33.3. The van der Waals surface area contributed by atoms with E-state index in [1.807, 2.05) is 0 Å². The average Bonchev–Trinajstić information content (AvgIpc) is 3.26. The average molecular weight is 390 g/mol. The lowest BCUT2D eigenvalue weighted by molar-refractivity contribution is -0.137. The van der Waals surface area contributed by atoms with Crippen molar-refractivity contribution in [2.24, 2.45) is 7.05 Å². The Labute approximate surface area is 154 Å². The maximum atomic E-state index is 12.8. The van der Waals surface area contributed by atoms with Crippen molar-refractivity contribution in [1.29, 1.82) is 0 Å². The molecule has 0 aliphatic carbocycles. The van der Waals surface area contributed by atoms with Crippen molar-refractivity contribution >= 4 is 11.2 Å². The Morgan fingerprint density at radius 2 is 1.96 bits per heavy atom. The van der Waals surface area contributed by atoms with Crippen molar-refractivity contribution < 1.29 is 13.2 Å². The quantitative estimate of drug-likeness (QED) is 0.558. The zero-order valence-electron chi connectivity index (χ0n) is 14.4. The molecule has 144 valence electrons. The van der Waals surface area contributed by atoms with Crippen LogP contribution in [0.2, 0.25) is 0 Å². The molecule has 4 aromatic rings. The van der Waals surface area contributed by atoms with Crippen molar-refractivity contribution in [2.75, 3.05) is 0 Å². The van der Waals surface area contributed by atoms with E-state index in [-0.39, 0.29) is 17.7 Å². The first kappa shape index (κ1) is 17.8. The summed E-state index contributed by atoms with van der Waals surface area (Å²) >= 11 is 0. The number of aromatic nitrogens is 6. The molecule has 0 unspecified atom stereocenters. The minimum Gasteiger partial charge on any atom is -0.332 e. The van der Waals surface area contributed by atoms with Gasteiger partial charge < -0.3 is 4.98 Å². The van der Waals surface area contributed by atoms with E-state index in [1.165, 1.54) is 24.0 Å². The van der Waals surface area contributed by atoms with Crippen molar-refractivity contribution in [3.8, 4) is 11.4 Å². The third-order valence-electron chi connectivity index (χ3n) is 4.26. The number of hydrogen-bond donors (Lipinski definition) is 2. The Morgan fingerprint density at radius 3 is 2.71 bits per heavy atom. The first-order chi connectivity index (χ1) is 13.2. The summed E-state index contributed by atoms with van der Waals surface area (Å²) < 4.78 is 40.9. The van der Waals surface area contributed by atoms with Crippen LogP contribution in [0.15, 0.2) is 46.2 Å². The Kier molecular flexibility index (Phi) is 3.95. The zero-order chi connectivity index (χ0) is 20.1. The summed E-state index contributed by atoms with van der Waals surface area (Å²) in [6.07, 6.45) is -1.36. The number of fused-ring (bicyclic) bond motifs is 1. The van der Waals surface area contributed by atoms with Crippen LogP contribution >= 0.6 is 0 Å². The van der Waals surface area contributed by atoms with E-state index in [2.05, 4.69) is 20.1 Å². The van der Waals surface area contributed by atoms with Crippen LogP contribution < -0.4 is 11.2 Å². The lowest BCUT2D eigenvalue weighted by Gasteiger charge is -2.08. The highest BCUT2D eigenvalue weighted by atomic mass is 19.4. The highest BCUT2D eigenvalue weighted by Crippen LogP contribution is 2.29.